The Bertz CT molecular complexity index is 429. The molecule has 0 radical (unpaired) electrons. The predicted molar refractivity (Wildman–Crippen MR) is 123 cm³/mol. The molecule has 0 aliphatic heterocycles. The maximum Gasteiger partial charge on any atom is 1.00 e. The van der Waals surface area contributed by atoms with Gasteiger partial charge in [0.2, 0.25) is 0 Å². The summed E-state index contributed by atoms with van der Waals surface area (Å²) in [6.45, 7) is 2.26. The van der Waals surface area contributed by atoms with Crippen LogP contribution in [0.1, 0.15) is 142 Å². The summed E-state index contributed by atoms with van der Waals surface area (Å²) >= 11 is 0. The number of aliphatic hydroxyl groups is 1. The number of unbranched alkanes of at least 4 members (excludes halogenated alkanes) is 17. The van der Waals surface area contributed by atoms with Crippen LogP contribution in [-0.4, -0.2) is 29.9 Å². The first kappa shape index (κ1) is 33.7. The van der Waals surface area contributed by atoms with Crippen molar-refractivity contribution in [2.75, 3.05) is 5.75 Å². The molecule has 6 heteroatoms. The Hall–Kier alpha value is 1.51. The molecule has 4 nitrogen and oxygen atoms in total. The largest absolute Gasteiger partial charge is 1.00 e. The molecule has 30 heavy (non-hydrogen) atoms. The molecule has 1 N–H and O–H groups in total. The summed E-state index contributed by atoms with van der Waals surface area (Å²) in [5.41, 5.74) is 0. The van der Waals surface area contributed by atoms with Crippen molar-refractivity contribution in [1.29, 1.82) is 0 Å². The van der Waals surface area contributed by atoms with E-state index in [0.29, 0.717) is 6.42 Å². The third-order valence-corrected chi connectivity index (χ3v) is 6.61. The standard InChI is InChI=1S/C24H50O4S.K/c1-2-3-4-5-6-7-9-12-15-18-21-24(25)22-19-16-13-10-8-11-14-17-20-23-29(26,27)28;/h24-25H,2-23H2,1H3,(H,26,27,28);/q;+1/p-1. The van der Waals surface area contributed by atoms with E-state index in [2.05, 4.69) is 6.92 Å². The van der Waals surface area contributed by atoms with Crippen molar-refractivity contribution in [1.82, 2.24) is 0 Å². The second-order valence-electron chi connectivity index (χ2n) is 8.86. The van der Waals surface area contributed by atoms with Crippen LogP contribution >= 0.6 is 0 Å². The van der Waals surface area contributed by atoms with Gasteiger partial charge in [-0.2, -0.15) is 0 Å². The molecule has 0 aliphatic rings. The average Bonchev–Trinajstić information content (AvgIpc) is 2.66. The Morgan fingerprint density at radius 2 is 0.900 bits per heavy atom. The Labute approximate surface area is 230 Å². The molecule has 0 spiro atoms. The fourth-order valence-corrected chi connectivity index (χ4v) is 4.47. The molecular formula is C24H49KO4S. The van der Waals surface area contributed by atoms with Crippen molar-refractivity contribution in [2.24, 2.45) is 0 Å². The fraction of sp³-hybridized carbons (Fsp3) is 1.00. The summed E-state index contributed by atoms with van der Waals surface area (Å²) in [5.74, 6) is -0.214. The molecule has 0 aromatic rings. The SMILES string of the molecule is CCCCCCCCCCCCC(O)CCCCCCCCCCCS(=O)(=O)[O-].[K+]. The van der Waals surface area contributed by atoms with Gasteiger partial charge < -0.3 is 9.66 Å². The minimum atomic E-state index is -4.02. The maximum absolute atomic E-state index is 10.5. The summed E-state index contributed by atoms with van der Waals surface area (Å²) in [4.78, 5) is 0. The van der Waals surface area contributed by atoms with E-state index in [9.17, 15) is 18.1 Å². The molecule has 0 aliphatic carbocycles. The van der Waals surface area contributed by atoms with E-state index >= 15 is 0 Å². The predicted octanol–water partition coefficient (Wildman–Crippen LogP) is 4.11. The van der Waals surface area contributed by atoms with Crippen molar-refractivity contribution in [2.45, 2.75) is 148 Å². The minimum absolute atomic E-state index is 0. The molecule has 0 rings (SSSR count). The Balaban J connectivity index is 0. The van der Waals surface area contributed by atoms with E-state index in [1.54, 1.807) is 0 Å². The maximum atomic E-state index is 10.5. The third kappa shape index (κ3) is 29.5. The minimum Gasteiger partial charge on any atom is -0.748 e. The van der Waals surface area contributed by atoms with E-state index in [1.165, 1.54) is 89.9 Å². The van der Waals surface area contributed by atoms with Gasteiger partial charge in [0.05, 0.1) is 16.2 Å². The number of rotatable bonds is 23. The van der Waals surface area contributed by atoms with E-state index in [4.69, 9.17) is 0 Å². The van der Waals surface area contributed by atoms with Gasteiger partial charge in [0, 0.05) is 5.75 Å². The molecule has 176 valence electrons. The van der Waals surface area contributed by atoms with E-state index < -0.39 is 10.1 Å². The van der Waals surface area contributed by atoms with Crippen LogP contribution in [0.2, 0.25) is 0 Å². The third-order valence-electron chi connectivity index (χ3n) is 5.82. The van der Waals surface area contributed by atoms with E-state index in [1.807, 2.05) is 0 Å². The average molecular weight is 473 g/mol. The van der Waals surface area contributed by atoms with Crippen LogP contribution in [0.5, 0.6) is 0 Å². The topological polar surface area (TPSA) is 77.4 Å². The quantitative estimate of drug-likeness (QED) is 0.138. The monoisotopic (exact) mass is 472 g/mol. The summed E-state index contributed by atoms with van der Waals surface area (Å²) in [6.07, 6.45) is 24.7. The summed E-state index contributed by atoms with van der Waals surface area (Å²) in [5, 5.41) is 10.1. The number of aliphatic hydroxyl groups excluding tert-OH is 1. The molecule has 1 atom stereocenters. The second-order valence-corrected chi connectivity index (χ2v) is 10.4. The van der Waals surface area contributed by atoms with Gasteiger partial charge in [0.25, 0.3) is 0 Å². The Kier molecular flexibility index (Phi) is 28.2. The van der Waals surface area contributed by atoms with Crippen molar-refractivity contribution < 1.29 is 69.5 Å². The first-order valence-corrected chi connectivity index (χ1v) is 14.1. The van der Waals surface area contributed by atoms with Gasteiger partial charge in [-0.15, -0.1) is 0 Å². The van der Waals surface area contributed by atoms with Crippen LogP contribution in [-0.2, 0) is 10.1 Å². The van der Waals surface area contributed by atoms with Gasteiger partial charge >= 0.3 is 51.4 Å². The van der Waals surface area contributed by atoms with Gasteiger partial charge in [-0.3, -0.25) is 0 Å². The Morgan fingerprint density at radius 3 is 1.23 bits per heavy atom. The molecule has 0 saturated heterocycles. The molecule has 0 bridgehead atoms. The van der Waals surface area contributed by atoms with E-state index in [-0.39, 0.29) is 63.2 Å². The summed E-state index contributed by atoms with van der Waals surface area (Å²) in [6, 6.07) is 0. The van der Waals surface area contributed by atoms with Gasteiger partial charge in [-0.05, 0) is 19.3 Å². The van der Waals surface area contributed by atoms with Crippen LogP contribution in [0.25, 0.3) is 0 Å². The van der Waals surface area contributed by atoms with E-state index in [0.717, 1.165) is 38.5 Å². The zero-order chi connectivity index (χ0) is 21.6. The molecule has 0 fully saturated rings. The number of hydrogen-bond acceptors (Lipinski definition) is 4. The van der Waals surface area contributed by atoms with Crippen LogP contribution in [0, 0.1) is 0 Å². The first-order chi connectivity index (χ1) is 14.0. The van der Waals surface area contributed by atoms with Crippen molar-refractivity contribution in [3.63, 3.8) is 0 Å². The van der Waals surface area contributed by atoms with Gasteiger partial charge in [0.15, 0.2) is 0 Å². The summed E-state index contributed by atoms with van der Waals surface area (Å²) in [7, 11) is -4.02. The first-order valence-electron chi connectivity index (χ1n) is 12.6. The van der Waals surface area contributed by atoms with Gasteiger partial charge in [0.1, 0.15) is 0 Å². The van der Waals surface area contributed by atoms with Crippen LogP contribution in [0.15, 0.2) is 0 Å². The van der Waals surface area contributed by atoms with Gasteiger partial charge in [-0.25, -0.2) is 8.42 Å². The fourth-order valence-electron chi connectivity index (χ4n) is 3.91. The molecule has 0 amide bonds. The second kappa shape index (κ2) is 25.1. The molecule has 1 unspecified atom stereocenters. The van der Waals surface area contributed by atoms with Crippen LogP contribution in [0.4, 0.5) is 0 Å². The van der Waals surface area contributed by atoms with Crippen LogP contribution < -0.4 is 51.4 Å². The zero-order valence-corrected chi connectivity index (χ0v) is 24.2. The molecule has 0 saturated carbocycles. The normalized spacial score (nSPS) is 12.6. The Morgan fingerprint density at radius 1 is 0.600 bits per heavy atom. The number of hydrogen-bond donors (Lipinski definition) is 1. The van der Waals surface area contributed by atoms with Crippen molar-refractivity contribution >= 4 is 10.1 Å². The van der Waals surface area contributed by atoms with Gasteiger partial charge in [-0.1, -0.05) is 122 Å². The molecule has 0 aromatic carbocycles. The smallest absolute Gasteiger partial charge is 0.748 e. The van der Waals surface area contributed by atoms with Crippen LogP contribution in [0.3, 0.4) is 0 Å². The summed E-state index contributed by atoms with van der Waals surface area (Å²) < 4.78 is 31.5. The van der Waals surface area contributed by atoms with Crippen molar-refractivity contribution in [3.8, 4) is 0 Å². The zero-order valence-electron chi connectivity index (χ0n) is 20.2. The molecule has 0 heterocycles. The molecule has 0 aromatic heterocycles. The van der Waals surface area contributed by atoms with Crippen molar-refractivity contribution in [3.05, 3.63) is 0 Å². The molecular weight excluding hydrogens is 423 g/mol.